The first kappa shape index (κ1) is 28.1. The van der Waals surface area contributed by atoms with Crippen molar-refractivity contribution in [2.45, 2.75) is 37.4 Å². The molecule has 0 aliphatic carbocycles. The Bertz CT molecular complexity index is 977. The molecule has 1 heterocycles. The number of likely N-dealkylation sites (tertiary alicyclic amines) is 1. The number of halogens is 1. The molecule has 0 aromatic heterocycles. The summed E-state index contributed by atoms with van der Waals surface area (Å²) < 4.78 is 14.7. The number of likely N-dealkylation sites (N-methyl/N-ethyl adjacent to an activating group) is 1. The Morgan fingerprint density at radius 1 is 1.23 bits per heavy atom. The Labute approximate surface area is 208 Å². The lowest BCUT2D eigenvalue weighted by Gasteiger charge is -2.28. The van der Waals surface area contributed by atoms with Crippen molar-refractivity contribution in [2.75, 3.05) is 20.1 Å². The van der Waals surface area contributed by atoms with E-state index in [-0.39, 0.29) is 18.4 Å². The first-order valence-electron chi connectivity index (χ1n) is 11.8. The summed E-state index contributed by atoms with van der Waals surface area (Å²) in [4.78, 5) is 2.31. The molecule has 0 spiro atoms. The van der Waals surface area contributed by atoms with Gasteiger partial charge in [-0.3, -0.25) is 10.7 Å². The fourth-order valence-electron chi connectivity index (χ4n) is 4.12. The van der Waals surface area contributed by atoms with E-state index < -0.39 is 6.04 Å². The Morgan fingerprint density at radius 3 is 2.43 bits per heavy atom. The first-order valence-corrected chi connectivity index (χ1v) is 11.8. The summed E-state index contributed by atoms with van der Waals surface area (Å²) in [7, 11) is 2.12. The highest BCUT2D eigenvalue weighted by molar-refractivity contribution is 5.36. The lowest BCUT2D eigenvalue weighted by molar-refractivity contribution is 0.331. The van der Waals surface area contributed by atoms with Gasteiger partial charge in [0.05, 0.1) is 6.04 Å². The van der Waals surface area contributed by atoms with Crippen molar-refractivity contribution < 1.29 is 4.39 Å². The number of hydrogen-bond acceptors (Lipinski definition) is 7. The van der Waals surface area contributed by atoms with E-state index in [0.29, 0.717) is 18.0 Å². The maximum absolute atomic E-state index is 14.7. The highest BCUT2D eigenvalue weighted by Gasteiger charge is 2.26. The average Bonchev–Trinajstić information content (AvgIpc) is 3.32. The Morgan fingerprint density at radius 2 is 1.94 bits per heavy atom. The largest absolute Gasteiger partial charge is 0.403 e. The molecule has 3 atom stereocenters. The average molecular weight is 482 g/mol. The van der Waals surface area contributed by atoms with Crippen LogP contribution in [0.1, 0.15) is 48.0 Å². The third-order valence-electron chi connectivity index (χ3n) is 6.15. The van der Waals surface area contributed by atoms with Crippen LogP contribution in [-0.4, -0.2) is 31.1 Å². The van der Waals surface area contributed by atoms with Gasteiger partial charge in [0.15, 0.2) is 0 Å². The number of allylic oxidation sites excluding steroid dienone is 1. The number of hydrogen-bond donors (Lipinski definition) is 6. The second-order valence-corrected chi connectivity index (χ2v) is 8.60. The van der Waals surface area contributed by atoms with E-state index in [1.807, 2.05) is 36.4 Å². The lowest BCUT2D eigenvalue weighted by atomic mass is 9.95. The Kier molecular flexibility index (Phi) is 11.5. The normalized spacial score (nSPS) is 17.6. The smallest absolute Gasteiger partial charge is 0.128 e. The summed E-state index contributed by atoms with van der Waals surface area (Å²) >= 11 is 0. The molecular weight excluding hydrogens is 441 g/mol. The molecule has 1 aliphatic rings. The number of rotatable bonds is 10. The maximum Gasteiger partial charge on any atom is 0.128 e. The zero-order chi connectivity index (χ0) is 25.8. The molecule has 0 bridgehead atoms. The van der Waals surface area contributed by atoms with Gasteiger partial charge in [-0.1, -0.05) is 55.1 Å². The van der Waals surface area contributed by atoms with Gasteiger partial charge in [-0.15, -0.1) is 6.58 Å². The molecule has 7 nitrogen and oxygen atoms in total. The van der Waals surface area contributed by atoms with Gasteiger partial charge in [0, 0.05) is 48.2 Å². The predicted octanol–water partition coefficient (Wildman–Crippen LogP) is 2.90. The van der Waals surface area contributed by atoms with Crippen LogP contribution >= 0.6 is 0 Å². The highest BCUT2D eigenvalue weighted by Crippen LogP contribution is 2.28. The van der Waals surface area contributed by atoms with Crippen molar-refractivity contribution in [2.24, 2.45) is 23.0 Å². The summed E-state index contributed by atoms with van der Waals surface area (Å²) in [6, 6.07) is 14.9. The highest BCUT2D eigenvalue weighted by atomic mass is 19.1. The second kappa shape index (κ2) is 14.3. The number of nitrogens with two attached hydrogens (primary N) is 4. The zero-order valence-corrected chi connectivity index (χ0v) is 20.6. The summed E-state index contributed by atoms with van der Waals surface area (Å²) in [5.41, 5.74) is 23.1. The van der Waals surface area contributed by atoms with Crippen LogP contribution in [0.15, 0.2) is 85.4 Å². The van der Waals surface area contributed by atoms with Crippen molar-refractivity contribution in [3.05, 3.63) is 108 Å². The number of nitrogens with one attached hydrogen (secondary N) is 2. The molecule has 10 N–H and O–H groups in total. The molecule has 0 radical (unpaired) electrons. The van der Waals surface area contributed by atoms with Crippen molar-refractivity contribution in [3.8, 4) is 0 Å². The second-order valence-electron chi connectivity index (χ2n) is 8.60. The molecule has 1 fully saturated rings. The SMILES string of the molecule is C=C(NC(c1ccccc1)c1ccc(C(N)CN)c(F)c1)C1CCCN1C.C=CC/C(=C/N)NN. The molecule has 0 saturated carbocycles. The van der Waals surface area contributed by atoms with Gasteiger partial charge < -0.3 is 27.9 Å². The monoisotopic (exact) mass is 481 g/mol. The number of benzene rings is 2. The minimum Gasteiger partial charge on any atom is -0.403 e. The molecule has 1 aliphatic heterocycles. The number of nitrogens with zero attached hydrogens (tertiary/aromatic N) is 1. The van der Waals surface area contributed by atoms with E-state index in [9.17, 15) is 4.39 Å². The molecule has 190 valence electrons. The summed E-state index contributed by atoms with van der Waals surface area (Å²) in [5, 5.41) is 3.55. The molecule has 8 heteroatoms. The van der Waals surface area contributed by atoms with E-state index in [0.717, 1.165) is 41.9 Å². The van der Waals surface area contributed by atoms with Gasteiger partial charge in [0.2, 0.25) is 0 Å². The van der Waals surface area contributed by atoms with E-state index in [1.54, 1.807) is 18.2 Å². The third-order valence-corrected chi connectivity index (χ3v) is 6.15. The van der Waals surface area contributed by atoms with Gasteiger partial charge in [-0.05, 0) is 43.6 Å². The Hall–Kier alpha value is -3.17. The van der Waals surface area contributed by atoms with Crippen molar-refractivity contribution >= 4 is 0 Å². The fourth-order valence-corrected chi connectivity index (χ4v) is 4.12. The molecule has 3 unspecified atom stereocenters. The van der Waals surface area contributed by atoms with Crippen LogP contribution < -0.4 is 33.8 Å². The third kappa shape index (κ3) is 7.93. The maximum atomic E-state index is 14.7. The molecule has 0 amide bonds. The molecule has 2 aromatic carbocycles. The van der Waals surface area contributed by atoms with Gasteiger partial charge in [0.25, 0.3) is 0 Å². The summed E-state index contributed by atoms with van der Waals surface area (Å²) in [6.45, 7) is 9.06. The van der Waals surface area contributed by atoms with Crippen LogP contribution in [0.2, 0.25) is 0 Å². The van der Waals surface area contributed by atoms with Gasteiger partial charge >= 0.3 is 0 Å². The minimum absolute atomic E-state index is 0.176. The quantitative estimate of drug-likeness (QED) is 0.175. The standard InChI is InChI=1S/C22H29FN4.C5H11N3/c1-15(21-9-6-12-27(21)2)26-22(16-7-4-3-5-8-16)17-10-11-18(19(23)13-17)20(25)14-24;1-2-3-5(4-6)8-7/h3-5,7-8,10-11,13,20-22,26H,1,6,9,12,14,24-25H2,2H3;2,4,8H,1,3,6-7H2/b;5-4-. The van der Waals surface area contributed by atoms with Crippen LogP contribution in [0.25, 0.3) is 0 Å². The van der Waals surface area contributed by atoms with Crippen molar-refractivity contribution in [3.63, 3.8) is 0 Å². The van der Waals surface area contributed by atoms with E-state index in [1.165, 1.54) is 6.20 Å². The van der Waals surface area contributed by atoms with Gasteiger partial charge in [-0.25, -0.2) is 4.39 Å². The van der Waals surface area contributed by atoms with Crippen molar-refractivity contribution in [1.29, 1.82) is 0 Å². The van der Waals surface area contributed by atoms with Crippen LogP contribution in [0.5, 0.6) is 0 Å². The van der Waals surface area contributed by atoms with Crippen molar-refractivity contribution in [1.82, 2.24) is 15.6 Å². The first-order chi connectivity index (χ1) is 16.9. The summed E-state index contributed by atoms with van der Waals surface area (Å²) in [6.07, 6.45) is 6.08. The minimum atomic E-state index is -0.496. The van der Waals surface area contributed by atoms with Crippen LogP contribution in [0.3, 0.4) is 0 Å². The van der Waals surface area contributed by atoms with E-state index in [2.05, 4.69) is 35.8 Å². The zero-order valence-electron chi connectivity index (χ0n) is 20.6. The fraction of sp³-hybridized carbons (Fsp3) is 0.333. The topological polar surface area (TPSA) is 131 Å². The molecule has 35 heavy (non-hydrogen) atoms. The van der Waals surface area contributed by atoms with Crippen LogP contribution in [-0.2, 0) is 0 Å². The number of hydrazine groups is 1. The van der Waals surface area contributed by atoms with Crippen LogP contribution in [0.4, 0.5) is 4.39 Å². The Balaban J connectivity index is 0.000000466. The predicted molar refractivity (Wildman–Crippen MR) is 143 cm³/mol. The van der Waals surface area contributed by atoms with Crippen LogP contribution in [0, 0.1) is 5.82 Å². The summed E-state index contributed by atoms with van der Waals surface area (Å²) in [5.74, 6) is 4.70. The molecule has 1 saturated heterocycles. The molecule has 2 aromatic rings. The molecule has 3 rings (SSSR count). The molecular formula is C27H40FN7. The van der Waals surface area contributed by atoms with E-state index >= 15 is 0 Å². The van der Waals surface area contributed by atoms with Gasteiger partial charge in [-0.2, -0.15) is 0 Å². The van der Waals surface area contributed by atoms with E-state index in [4.69, 9.17) is 23.0 Å². The van der Waals surface area contributed by atoms with Gasteiger partial charge in [0.1, 0.15) is 5.82 Å². The lowest BCUT2D eigenvalue weighted by Crippen LogP contribution is -2.35.